The lowest BCUT2D eigenvalue weighted by atomic mass is 10.0. The van der Waals surface area contributed by atoms with Crippen molar-refractivity contribution < 1.29 is 9.53 Å². The SMILES string of the molecule is O=C(NC1CCCC1)c1cccc([C@@H]2C[C@H]2NCC2CCOCC2)c1. The van der Waals surface area contributed by atoms with Crippen LogP contribution >= 0.6 is 0 Å². The van der Waals surface area contributed by atoms with Crippen LogP contribution in [0.2, 0.25) is 0 Å². The molecule has 25 heavy (non-hydrogen) atoms. The number of carbonyl (C=O) groups is 1. The maximum Gasteiger partial charge on any atom is 0.251 e. The minimum Gasteiger partial charge on any atom is -0.381 e. The molecule has 1 saturated heterocycles. The Kier molecular flexibility index (Phi) is 5.37. The lowest BCUT2D eigenvalue weighted by Gasteiger charge is -2.22. The Morgan fingerprint density at radius 2 is 1.92 bits per heavy atom. The average Bonchev–Trinajstić information content (AvgIpc) is 3.26. The summed E-state index contributed by atoms with van der Waals surface area (Å²) in [6.45, 7) is 2.93. The summed E-state index contributed by atoms with van der Waals surface area (Å²) in [5.41, 5.74) is 2.13. The molecule has 1 heterocycles. The molecule has 4 rings (SSSR count). The first kappa shape index (κ1) is 17.0. The summed E-state index contributed by atoms with van der Waals surface area (Å²) >= 11 is 0. The van der Waals surface area contributed by atoms with Crippen molar-refractivity contribution in [3.8, 4) is 0 Å². The second-order valence-corrected chi connectivity index (χ2v) is 7.99. The van der Waals surface area contributed by atoms with Crippen molar-refractivity contribution in [3.05, 3.63) is 35.4 Å². The number of rotatable bonds is 6. The van der Waals surface area contributed by atoms with E-state index in [0.717, 1.165) is 44.1 Å². The van der Waals surface area contributed by atoms with Crippen molar-refractivity contribution in [2.24, 2.45) is 5.92 Å². The Hall–Kier alpha value is -1.39. The second kappa shape index (κ2) is 7.88. The monoisotopic (exact) mass is 342 g/mol. The molecule has 2 saturated carbocycles. The third-order valence-corrected chi connectivity index (χ3v) is 6.07. The van der Waals surface area contributed by atoms with Crippen molar-refractivity contribution in [2.45, 2.75) is 62.9 Å². The van der Waals surface area contributed by atoms with Gasteiger partial charge in [0.15, 0.2) is 0 Å². The Morgan fingerprint density at radius 1 is 1.12 bits per heavy atom. The molecule has 2 N–H and O–H groups in total. The van der Waals surface area contributed by atoms with E-state index in [-0.39, 0.29) is 5.91 Å². The van der Waals surface area contributed by atoms with Crippen molar-refractivity contribution >= 4 is 5.91 Å². The van der Waals surface area contributed by atoms with Crippen LogP contribution in [0.4, 0.5) is 0 Å². The van der Waals surface area contributed by atoms with Gasteiger partial charge in [-0.05, 0) is 62.3 Å². The second-order valence-electron chi connectivity index (χ2n) is 7.99. The predicted molar refractivity (Wildman–Crippen MR) is 98.9 cm³/mol. The third kappa shape index (κ3) is 4.42. The zero-order valence-corrected chi connectivity index (χ0v) is 15.0. The van der Waals surface area contributed by atoms with Gasteiger partial charge >= 0.3 is 0 Å². The van der Waals surface area contributed by atoms with Gasteiger partial charge in [-0.3, -0.25) is 4.79 Å². The van der Waals surface area contributed by atoms with Crippen molar-refractivity contribution in [3.63, 3.8) is 0 Å². The molecule has 0 bridgehead atoms. The summed E-state index contributed by atoms with van der Waals surface area (Å²) in [5.74, 6) is 1.43. The van der Waals surface area contributed by atoms with Crippen molar-refractivity contribution in [1.29, 1.82) is 0 Å². The molecule has 2 atom stereocenters. The Labute approximate surface area is 150 Å². The molecular formula is C21H30N2O2. The Morgan fingerprint density at radius 3 is 2.72 bits per heavy atom. The van der Waals surface area contributed by atoms with Crippen molar-refractivity contribution in [2.75, 3.05) is 19.8 Å². The highest BCUT2D eigenvalue weighted by Gasteiger charge is 2.38. The Balaban J connectivity index is 1.28. The summed E-state index contributed by atoms with van der Waals surface area (Å²) in [7, 11) is 0. The van der Waals surface area contributed by atoms with Crippen LogP contribution in [0.25, 0.3) is 0 Å². The first-order chi connectivity index (χ1) is 12.3. The molecule has 0 spiro atoms. The van der Waals surface area contributed by atoms with E-state index in [2.05, 4.69) is 22.8 Å². The molecular weight excluding hydrogens is 312 g/mol. The average molecular weight is 342 g/mol. The fourth-order valence-corrected chi connectivity index (χ4v) is 4.31. The summed E-state index contributed by atoms with van der Waals surface area (Å²) in [6, 6.07) is 9.22. The molecule has 3 fully saturated rings. The van der Waals surface area contributed by atoms with Crippen LogP contribution in [0.15, 0.2) is 24.3 Å². The molecule has 136 valence electrons. The van der Waals surface area contributed by atoms with Crippen LogP contribution in [0.3, 0.4) is 0 Å². The molecule has 1 aromatic rings. The molecule has 0 aromatic heterocycles. The number of nitrogens with one attached hydrogen (secondary N) is 2. The maximum atomic E-state index is 12.5. The quantitative estimate of drug-likeness (QED) is 0.834. The van der Waals surface area contributed by atoms with E-state index in [0.29, 0.717) is 18.0 Å². The molecule has 1 aliphatic heterocycles. The van der Waals surface area contributed by atoms with Crippen molar-refractivity contribution in [1.82, 2.24) is 10.6 Å². The van der Waals surface area contributed by atoms with E-state index < -0.39 is 0 Å². The van der Waals surface area contributed by atoms with Crippen LogP contribution in [0.1, 0.15) is 66.8 Å². The molecule has 1 amide bonds. The highest BCUT2D eigenvalue weighted by molar-refractivity contribution is 5.94. The topological polar surface area (TPSA) is 50.4 Å². The lowest BCUT2D eigenvalue weighted by Crippen LogP contribution is -2.32. The Bertz CT molecular complexity index is 591. The van der Waals surface area contributed by atoms with Gasteiger partial charge in [0.1, 0.15) is 0 Å². The highest BCUT2D eigenvalue weighted by Crippen LogP contribution is 2.41. The summed E-state index contributed by atoms with van der Waals surface area (Å²) in [6.07, 6.45) is 8.30. The zero-order valence-electron chi connectivity index (χ0n) is 15.0. The van der Waals surface area contributed by atoms with Gasteiger partial charge in [0.05, 0.1) is 0 Å². The minimum atomic E-state index is 0.0983. The van der Waals surface area contributed by atoms with Gasteiger partial charge < -0.3 is 15.4 Å². The zero-order chi connectivity index (χ0) is 17.1. The maximum absolute atomic E-state index is 12.5. The van der Waals surface area contributed by atoms with E-state index in [1.54, 1.807) is 0 Å². The van der Waals surface area contributed by atoms with Gasteiger partial charge in [-0.15, -0.1) is 0 Å². The summed E-state index contributed by atoms with van der Waals surface area (Å²) in [5, 5.41) is 6.92. The standard InChI is InChI=1S/C21H30N2O2/c24-21(23-18-6-1-2-7-18)17-5-3-4-16(12-17)19-13-20(19)22-14-15-8-10-25-11-9-15/h3-5,12,15,18-20,22H,1-2,6-11,13-14H2,(H,23,24)/t19-,20+/m0/s1. The van der Waals surface area contributed by atoms with Gasteiger partial charge in [-0.1, -0.05) is 25.0 Å². The van der Waals surface area contributed by atoms with Crippen LogP contribution < -0.4 is 10.6 Å². The lowest BCUT2D eigenvalue weighted by molar-refractivity contribution is 0.0662. The number of hydrogen-bond acceptors (Lipinski definition) is 3. The van der Waals surface area contributed by atoms with Gasteiger partial charge in [0.25, 0.3) is 5.91 Å². The first-order valence-electron chi connectivity index (χ1n) is 10.0. The van der Waals surface area contributed by atoms with E-state index in [1.165, 1.54) is 37.7 Å². The van der Waals surface area contributed by atoms with Gasteiger partial charge in [0, 0.05) is 36.8 Å². The number of ether oxygens (including phenoxy) is 1. The molecule has 4 nitrogen and oxygen atoms in total. The molecule has 2 aliphatic carbocycles. The van der Waals surface area contributed by atoms with Crippen LogP contribution in [-0.2, 0) is 4.74 Å². The van der Waals surface area contributed by atoms with Crippen LogP contribution in [0, 0.1) is 5.92 Å². The smallest absolute Gasteiger partial charge is 0.251 e. The van der Waals surface area contributed by atoms with Crippen LogP contribution in [0.5, 0.6) is 0 Å². The first-order valence-corrected chi connectivity index (χ1v) is 10.0. The molecule has 0 unspecified atom stereocenters. The summed E-state index contributed by atoms with van der Waals surface area (Å²) in [4.78, 5) is 12.5. The predicted octanol–water partition coefficient (Wildman–Crippen LogP) is 3.23. The van der Waals surface area contributed by atoms with Gasteiger partial charge in [-0.25, -0.2) is 0 Å². The van der Waals surface area contributed by atoms with E-state index in [9.17, 15) is 4.79 Å². The normalized spacial score (nSPS) is 27.4. The number of benzene rings is 1. The number of carbonyl (C=O) groups excluding carboxylic acids is 1. The molecule has 1 aromatic carbocycles. The van der Waals surface area contributed by atoms with Gasteiger partial charge in [-0.2, -0.15) is 0 Å². The number of amides is 1. The molecule has 4 heteroatoms. The minimum absolute atomic E-state index is 0.0983. The highest BCUT2D eigenvalue weighted by atomic mass is 16.5. The fourth-order valence-electron chi connectivity index (χ4n) is 4.31. The van der Waals surface area contributed by atoms with E-state index >= 15 is 0 Å². The van der Waals surface area contributed by atoms with Gasteiger partial charge in [0.2, 0.25) is 0 Å². The largest absolute Gasteiger partial charge is 0.381 e. The van der Waals surface area contributed by atoms with E-state index in [1.807, 2.05) is 12.1 Å². The van der Waals surface area contributed by atoms with E-state index in [4.69, 9.17) is 4.74 Å². The van der Waals surface area contributed by atoms with Crippen LogP contribution in [-0.4, -0.2) is 37.7 Å². The third-order valence-electron chi connectivity index (χ3n) is 6.07. The molecule has 3 aliphatic rings. The molecule has 0 radical (unpaired) electrons. The number of hydrogen-bond donors (Lipinski definition) is 2. The summed E-state index contributed by atoms with van der Waals surface area (Å²) < 4.78 is 5.43. The fraction of sp³-hybridized carbons (Fsp3) is 0.667.